The lowest BCUT2D eigenvalue weighted by molar-refractivity contribution is 0.0421. The predicted molar refractivity (Wildman–Crippen MR) is 84.4 cm³/mol. The van der Waals surface area contributed by atoms with E-state index < -0.39 is 9.84 Å². The van der Waals surface area contributed by atoms with Gasteiger partial charge in [-0.05, 0) is 25.0 Å². The van der Waals surface area contributed by atoms with Crippen LogP contribution in [0.2, 0.25) is 0 Å². The molecule has 118 valence electrons. The van der Waals surface area contributed by atoms with Crippen molar-refractivity contribution in [1.29, 1.82) is 0 Å². The number of ether oxygens (including phenoxy) is 1. The third-order valence-corrected chi connectivity index (χ3v) is 5.61. The average Bonchev–Trinajstić information content (AvgIpc) is 2.53. The Morgan fingerprint density at radius 1 is 1.29 bits per heavy atom. The van der Waals surface area contributed by atoms with Crippen molar-refractivity contribution in [2.75, 3.05) is 36.9 Å². The van der Waals surface area contributed by atoms with Gasteiger partial charge in [-0.15, -0.1) is 0 Å². The van der Waals surface area contributed by atoms with E-state index in [1.807, 2.05) is 12.1 Å². The first-order chi connectivity index (χ1) is 10.1. The molecule has 1 aliphatic heterocycles. The van der Waals surface area contributed by atoms with E-state index >= 15 is 0 Å². The Labute approximate surface area is 127 Å². The lowest BCUT2D eigenvalue weighted by atomic mass is 10.1. The summed E-state index contributed by atoms with van der Waals surface area (Å²) in [6.07, 6.45) is 2.04. The van der Waals surface area contributed by atoms with E-state index in [0.717, 1.165) is 31.6 Å². The van der Waals surface area contributed by atoms with Crippen molar-refractivity contribution in [3.8, 4) is 0 Å². The minimum Gasteiger partial charge on any atom is -0.377 e. The number of hydrogen-bond donors (Lipinski definition) is 1. The van der Waals surface area contributed by atoms with Crippen molar-refractivity contribution in [3.05, 3.63) is 24.3 Å². The molecule has 0 aliphatic carbocycles. The Morgan fingerprint density at radius 3 is 2.57 bits per heavy atom. The van der Waals surface area contributed by atoms with E-state index in [4.69, 9.17) is 10.5 Å². The van der Waals surface area contributed by atoms with Gasteiger partial charge in [-0.1, -0.05) is 19.1 Å². The molecular weight excluding hydrogens is 288 g/mol. The smallest absolute Gasteiger partial charge is 0.180 e. The fraction of sp³-hybridized carbons (Fsp3) is 0.600. The van der Waals surface area contributed by atoms with Crippen LogP contribution in [0.4, 0.5) is 5.69 Å². The molecule has 1 aliphatic rings. The van der Waals surface area contributed by atoms with Crippen molar-refractivity contribution in [3.63, 3.8) is 0 Å². The minimum absolute atomic E-state index is 0.125. The Kier molecular flexibility index (Phi) is 5.61. The number of nitrogens with zero attached hydrogens (tertiary/aromatic N) is 1. The quantitative estimate of drug-likeness (QED) is 0.860. The molecule has 0 atom stereocenters. The van der Waals surface area contributed by atoms with Gasteiger partial charge in [0.15, 0.2) is 9.84 Å². The molecule has 21 heavy (non-hydrogen) atoms. The molecule has 0 amide bonds. The summed E-state index contributed by atoms with van der Waals surface area (Å²) >= 11 is 0. The van der Waals surface area contributed by atoms with Gasteiger partial charge in [0.05, 0.1) is 29.0 Å². The monoisotopic (exact) mass is 312 g/mol. The molecule has 1 fully saturated rings. The maximum atomic E-state index is 12.2. The molecule has 1 heterocycles. The third-order valence-electron chi connectivity index (χ3n) is 3.83. The van der Waals surface area contributed by atoms with Gasteiger partial charge in [0.1, 0.15) is 0 Å². The summed E-state index contributed by atoms with van der Waals surface area (Å²) in [6.45, 7) is 4.43. The number of anilines is 1. The van der Waals surface area contributed by atoms with Crippen LogP contribution in [0.5, 0.6) is 0 Å². The van der Waals surface area contributed by atoms with Crippen LogP contribution in [0.3, 0.4) is 0 Å². The van der Waals surface area contributed by atoms with E-state index in [1.165, 1.54) is 0 Å². The van der Waals surface area contributed by atoms with Crippen molar-refractivity contribution in [2.45, 2.75) is 30.8 Å². The van der Waals surface area contributed by atoms with E-state index in [0.29, 0.717) is 18.0 Å². The highest BCUT2D eigenvalue weighted by atomic mass is 32.2. The molecule has 0 aromatic heterocycles. The van der Waals surface area contributed by atoms with Crippen LogP contribution in [0.1, 0.15) is 19.8 Å². The van der Waals surface area contributed by atoms with Gasteiger partial charge in [-0.2, -0.15) is 0 Å². The fourth-order valence-electron chi connectivity index (χ4n) is 2.63. The third kappa shape index (κ3) is 3.96. The fourth-order valence-corrected chi connectivity index (χ4v) is 3.75. The SMILES string of the molecule is CCS(=O)(=O)c1ccccc1N1CCC(OCCN)CC1. The number of benzene rings is 1. The Bertz CT molecular complexity index is 552. The number of para-hydroxylation sites is 1. The molecule has 0 bridgehead atoms. The van der Waals surface area contributed by atoms with Crippen LogP contribution < -0.4 is 10.6 Å². The molecule has 0 unspecified atom stereocenters. The minimum atomic E-state index is -3.20. The van der Waals surface area contributed by atoms with E-state index in [1.54, 1.807) is 19.1 Å². The van der Waals surface area contributed by atoms with Gasteiger partial charge in [-0.3, -0.25) is 0 Å². The molecular formula is C15H24N2O3S. The molecule has 0 spiro atoms. The van der Waals surface area contributed by atoms with Gasteiger partial charge >= 0.3 is 0 Å². The number of hydrogen-bond acceptors (Lipinski definition) is 5. The highest BCUT2D eigenvalue weighted by molar-refractivity contribution is 7.91. The van der Waals surface area contributed by atoms with Crippen LogP contribution in [-0.4, -0.2) is 46.5 Å². The molecule has 2 N–H and O–H groups in total. The summed E-state index contributed by atoms with van der Waals surface area (Å²) < 4.78 is 30.1. The Morgan fingerprint density at radius 2 is 1.95 bits per heavy atom. The molecule has 6 heteroatoms. The molecule has 2 rings (SSSR count). The summed E-state index contributed by atoms with van der Waals surface area (Å²) in [5.41, 5.74) is 6.26. The average molecular weight is 312 g/mol. The summed E-state index contributed by atoms with van der Waals surface area (Å²) in [4.78, 5) is 2.58. The molecule has 5 nitrogen and oxygen atoms in total. The standard InChI is InChI=1S/C15H24N2O3S/c1-2-21(18,19)15-6-4-3-5-14(15)17-10-7-13(8-11-17)20-12-9-16/h3-6,13H,2,7-12,16H2,1H3. The molecule has 0 saturated carbocycles. The second-order valence-corrected chi connectivity index (χ2v) is 7.46. The molecule has 1 aromatic rings. The second-order valence-electron chi connectivity index (χ2n) is 5.22. The van der Waals surface area contributed by atoms with Gasteiger partial charge < -0.3 is 15.4 Å². The van der Waals surface area contributed by atoms with Crippen LogP contribution in [0, 0.1) is 0 Å². The maximum absolute atomic E-state index is 12.2. The number of nitrogens with two attached hydrogens (primary N) is 1. The first-order valence-electron chi connectivity index (χ1n) is 7.47. The summed E-state index contributed by atoms with van der Waals surface area (Å²) in [7, 11) is -3.20. The van der Waals surface area contributed by atoms with Crippen molar-refractivity contribution < 1.29 is 13.2 Å². The van der Waals surface area contributed by atoms with Crippen LogP contribution in [0.15, 0.2) is 29.2 Å². The molecule has 1 aromatic carbocycles. The normalized spacial score (nSPS) is 17.1. The number of sulfone groups is 1. The predicted octanol–water partition coefficient (Wildman–Crippen LogP) is 1.42. The summed E-state index contributed by atoms with van der Waals surface area (Å²) in [5, 5.41) is 0. The zero-order valence-corrected chi connectivity index (χ0v) is 13.3. The Hall–Kier alpha value is -1.11. The number of piperidine rings is 1. The van der Waals surface area contributed by atoms with Gasteiger partial charge in [0.25, 0.3) is 0 Å². The summed E-state index contributed by atoms with van der Waals surface area (Å²) in [6, 6.07) is 7.26. The van der Waals surface area contributed by atoms with E-state index in [9.17, 15) is 8.42 Å². The van der Waals surface area contributed by atoms with E-state index in [2.05, 4.69) is 4.90 Å². The van der Waals surface area contributed by atoms with Gasteiger partial charge in [0, 0.05) is 19.6 Å². The molecule has 1 saturated heterocycles. The molecule has 0 radical (unpaired) electrons. The topological polar surface area (TPSA) is 72.6 Å². The van der Waals surface area contributed by atoms with Gasteiger partial charge in [0.2, 0.25) is 0 Å². The first-order valence-corrected chi connectivity index (χ1v) is 9.12. The lowest BCUT2D eigenvalue weighted by Gasteiger charge is -2.34. The van der Waals surface area contributed by atoms with Gasteiger partial charge in [-0.25, -0.2) is 8.42 Å². The van der Waals surface area contributed by atoms with Crippen LogP contribution >= 0.6 is 0 Å². The first kappa shape index (κ1) is 16.3. The zero-order chi connectivity index (χ0) is 15.3. The second kappa shape index (κ2) is 7.24. The zero-order valence-electron chi connectivity index (χ0n) is 12.5. The van der Waals surface area contributed by atoms with Crippen LogP contribution in [-0.2, 0) is 14.6 Å². The highest BCUT2D eigenvalue weighted by Gasteiger charge is 2.24. The maximum Gasteiger partial charge on any atom is 0.180 e. The lowest BCUT2D eigenvalue weighted by Crippen LogP contribution is -2.38. The summed E-state index contributed by atoms with van der Waals surface area (Å²) in [5.74, 6) is 0.125. The number of rotatable bonds is 6. The van der Waals surface area contributed by atoms with Crippen molar-refractivity contribution in [2.24, 2.45) is 5.73 Å². The van der Waals surface area contributed by atoms with E-state index in [-0.39, 0.29) is 11.9 Å². The highest BCUT2D eigenvalue weighted by Crippen LogP contribution is 2.28. The Balaban J connectivity index is 2.11. The van der Waals surface area contributed by atoms with Crippen molar-refractivity contribution in [1.82, 2.24) is 0 Å². The van der Waals surface area contributed by atoms with Crippen molar-refractivity contribution >= 4 is 15.5 Å². The van der Waals surface area contributed by atoms with Crippen LogP contribution in [0.25, 0.3) is 0 Å². The largest absolute Gasteiger partial charge is 0.377 e.